The summed E-state index contributed by atoms with van der Waals surface area (Å²) < 4.78 is 12.1. The molecule has 1 aromatic carbocycles. The van der Waals surface area contributed by atoms with Crippen LogP contribution in [0.5, 0.6) is 5.75 Å². The summed E-state index contributed by atoms with van der Waals surface area (Å²) in [5.41, 5.74) is 1.93. The molecule has 0 bridgehead atoms. The van der Waals surface area contributed by atoms with E-state index in [1.807, 2.05) is 40.0 Å². The highest BCUT2D eigenvalue weighted by Crippen LogP contribution is 2.22. The van der Waals surface area contributed by atoms with Crippen LogP contribution >= 0.6 is 0 Å². The molecule has 0 aliphatic carbocycles. The van der Waals surface area contributed by atoms with Gasteiger partial charge in [0.05, 0.1) is 26.0 Å². The summed E-state index contributed by atoms with van der Waals surface area (Å²) in [5.74, 6) is 1.01. The zero-order valence-electron chi connectivity index (χ0n) is 14.7. The Morgan fingerprint density at radius 3 is 3.04 bits per heavy atom. The smallest absolute Gasteiger partial charge is 0.222 e. The minimum atomic E-state index is 0.183. The maximum Gasteiger partial charge on any atom is 0.222 e. The van der Waals surface area contributed by atoms with Gasteiger partial charge in [0.25, 0.3) is 0 Å². The molecular formula is C18H24N4O3. The number of rotatable bonds is 7. The third kappa shape index (κ3) is 4.36. The van der Waals surface area contributed by atoms with Gasteiger partial charge in [-0.05, 0) is 30.5 Å². The Morgan fingerprint density at radius 2 is 2.24 bits per heavy atom. The van der Waals surface area contributed by atoms with Crippen molar-refractivity contribution >= 4 is 5.91 Å². The fraction of sp³-hybridized carbons (Fsp3) is 0.500. The van der Waals surface area contributed by atoms with E-state index in [0.29, 0.717) is 19.6 Å². The summed E-state index contributed by atoms with van der Waals surface area (Å²) in [4.78, 5) is 14.4. The van der Waals surface area contributed by atoms with E-state index in [0.717, 1.165) is 36.4 Å². The van der Waals surface area contributed by atoms with Crippen LogP contribution in [0.3, 0.4) is 0 Å². The van der Waals surface area contributed by atoms with E-state index in [-0.39, 0.29) is 11.9 Å². The molecule has 0 radical (unpaired) electrons. The van der Waals surface area contributed by atoms with Crippen LogP contribution in [0.4, 0.5) is 0 Å². The molecule has 0 spiro atoms. The van der Waals surface area contributed by atoms with Gasteiger partial charge in [0, 0.05) is 26.6 Å². The third-order valence-electron chi connectivity index (χ3n) is 4.50. The predicted octanol–water partition coefficient (Wildman–Crippen LogP) is 1.84. The van der Waals surface area contributed by atoms with Gasteiger partial charge in [-0.2, -0.15) is 0 Å². The standard InChI is InChI=1S/C18H24N4O3/c1-24-13-15-11-22(20-19-15)16-8-9-21(12-16)18(23)7-6-14-4-3-5-17(10-14)25-2/h3-5,10-11,16H,6-9,12-13H2,1-2H3. The van der Waals surface area contributed by atoms with E-state index in [4.69, 9.17) is 9.47 Å². The van der Waals surface area contributed by atoms with E-state index < -0.39 is 0 Å². The van der Waals surface area contributed by atoms with Crippen molar-refractivity contribution < 1.29 is 14.3 Å². The van der Waals surface area contributed by atoms with E-state index >= 15 is 0 Å². The Balaban J connectivity index is 1.51. The second kappa shape index (κ2) is 8.11. The minimum Gasteiger partial charge on any atom is -0.497 e. The lowest BCUT2D eigenvalue weighted by Gasteiger charge is -2.16. The average Bonchev–Trinajstić information content (AvgIpc) is 3.29. The first-order valence-corrected chi connectivity index (χ1v) is 8.50. The van der Waals surface area contributed by atoms with Crippen LogP contribution in [-0.4, -0.2) is 53.1 Å². The number of aryl methyl sites for hydroxylation is 1. The highest BCUT2D eigenvalue weighted by Gasteiger charge is 2.27. The van der Waals surface area contributed by atoms with Crippen LogP contribution < -0.4 is 4.74 Å². The van der Waals surface area contributed by atoms with E-state index in [1.54, 1.807) is 14.2 Å². The lowest BCUT2D eigenvalue weighted by molar-refractivity contribution is -0.130. The molecule has 2 aromatic rings. The lowest BCUT2D eigenvalue weighted by Crippen LogP contribution is -2.29. The first-order chi connectivity index (χ1) is 12.2. The van der Waals surface area contributed by atoms with Crippen molar-refractivity contribution in [2.45, 2.75) is 31.9 Å². The van der Waals surface area contributed by atoms with Gasteiger partial charge in [0.15, 0.2) is 0 Å². The zero-order chi connectivity index (χ0) is 17.6. The molecule has 2 heterocycles. The zero-order valence-corrected chi connectivity index (χ0v) is 14.7. The van der Waals surface area contributed by atoms with Crippen molar-refractivity contribution in [1.29, 1.82) is 0 Å². The van der Waals surface area contributed by atoms with Crippen molar-refractivity contribution in [3.05, 3.63) is 41.7 Å². The highest BCUT2D eigenvalue weighted by molar-refractivity contribution is 5.76. The number of carbonyl (C=O) groups is 1. The fourth-order valence-corrected chi connectivity index (χ4v) is 3.13. The largest absolute Gasteiger partial charge is 0.497 e. The molecule has 0 N–H and O–H groups in total. The Labute approximate surface area is 147 Å². The highest BCUT2D eigenvalue weighted by atomic mass is 16.5. The van der Waals surface area contributed by atoms with Crippen LogP contribution in [0, 0.1) is 0 Å². The first kappa shape index (κ1) is 17.4. The molecule has 1 amide bonds. The summed E-state index contributed by atoms with van der Waals surface area (Å²) >= 11 is 0. The molecule has 134 valence electrons. The maximum absolute atomic E-state index is 12.5. The molecule has 0 saturated carbocycles. The molecule has 7 nitrogen and oxygen atoms in total. The Morgan fingerprint density at radius 1 is 1.36 bits per heavy atom. The third-order valence-corrected chi connectivity index (χ3v) is 4.50. The Bertz CT molecular complexity index is 716. The molecule has 1 unspecified atom stereocenters. The number of amides is 1. The number of methoxy groups -OCH3 is 2. The van der Waals surface area contributed by atoms with Gasteiger partial charge < -0.3 is 14.4 Å². The second-order valence-electron chi connectivity index (χ2n) is 6.26. The maximum atomic E-state index is 12.5. The predicted molar refractivity (Wildman–Crippen MR) is 92.3 cm³/mol. The summed E-state index contributed by atoms with van der Waals surface area (Å²) in [5, 5.41) is 8.24. The fourth-order valence-electron chi connectivity index (χ4n) is 3.13. The van der Waals surface area contributed by atoms with Gasteiger partial charge in [-0.1, -0.05) is 17.3 Å². The number of benzene rings is 1. The number of carbonyl (C=O) groups excluding carboxylic acids is 1. The summed E-state index contributed by atoms with van der Waals surface area (Å²) in [7, 11) is 3.29. The van der Waals surface area contributed by atoms with Gasteiger partial charge in [-0.25, -0.2) is 4.68 Å². The van der Waals surface area contributed by atoms with Crippen molar-refractivity contribution in [3.8, 4) is 5.75 Å². The Kier molecular flexibility index (Phi) is 5.65. The first-order valence-electron chi connectivity index (χ1n) is 8.50. The SMILES string of the molecule is COCc1cn(C2CCN(C(=O)CCc3cccc(OC)c3)C2)nn1. The molecular weight excluding hydrogens is 320 g/mol. The monoisotopic (exact) mass is 344 g/mol. The number of nitrogens with zero attached hydrogens (tertiary/aromatic N) is 4. The molecule has 25 heavy (non-hydrogen) atoms. The normalized spacial score (nSPS) is 17.0. The van der Waals surface area contributed by atoms with Gasteiger partial charge in [0.1, 0.15) is 11.4 Å². The van der Waals surface area contributed by atoms with Gasteiger partial charge in [-0.3, -0.25) is 4.79 Å². The van der Waals surface area contributed by atoms with E-state index in [2.05, 4.69) is 10.3 Å². The number of hydrogen-bond acceptors (Lipinski definition) is 5. The van der Waals surface area contributed by atoms with Crippen LogP contribution in [0.2, 0.25) is 0 Å². The molecule has 1 aliphatic heterocycles. The van der Waals surface area contributed by atoms with Crippen molar-refractivity contribution in [3.63, 3.8) is 0 Å². The van der Waals surface area contributed by atoms with Crippen molar-refractivity contribution in [1.82, 2.24) is 19.9 Å². The molecule has 1 saturated heterocycles. The molecule has 1 fully saturated rings. The molecule has 3 rings (SSSR count). The number of ether oxygens (including phenoxy) is 2. The topological polar surface area (TPSA) is 69.5 Å². The number of likely N-dealkylation sites (tertiary alicyclic amines) is 1. The van der Waals surface area contributed by atoms with Crippen LogP contribution in [0.15, 0.2) is 30.5 Å². The average molecular weight is 344 g/mol. The Hall–Kier alpha value is -2.41. The molecule has 7 heteroatoms. The minimum absolute atomic E-state index is 0.183. The van der Waals surface area contributed by atoms with Gasteiger partial charge in [0.2, 0.25) is 5.91 Å². The quantitative estimate of drug-likeness (QED) is 0.766. The summed E-state index contributed by atoms with van der Waals surface area (Å²) in [6, 6.07) is 8.06. The number of hydrogen-bond donors (Lipinski definition) is 0. The van der Waals surface area contributed by atoms with Crippen molar-refractivity contribution in [2.24, 2.45) is 0 Å². The molecule has 1 aromatic heterocycles. The van der Waals surface area contributed by atoms with Gasteiger partial charge >= 0.3 is 0 Å². The summed E-state index contributed by atoms with van der Waals surface area (Å²) in [6.07, 6.45) is 4.03. The van der Waals surface area contributed by atoms with Crippen molar-refractivity contribution in [2.75, 3.05) is 27.3 Å². The van der Waals surface area contributed by atoms with E-state index in [9.17, 15) is 4.79 Å². The van der Waals surface area contributed by atoms with Gasteiger partial charge in [-0.15, -0.1) is 5.10 Å². The second-order valence-corrected chi connectivity index (χ2v) is 6.26. The number of aromatic nitrogens is 3. The van der Waals surface area contributed by atoms with Crippen LogP contribution in [-0.2, 0) is 22.6 Å². The molecule has 1 aliphatic rings. The summed E-state index contributed by atoms with van der Waals surface area (Å²) in [6.45, 7) is 1.91. The lowest BCUT2D eigenvalue weighted by atomic mass is 10.1. The van der Waals surface area contributed by atoms with Crippen LogP contribution in [0.25, 0.3) is 0 Å². The van der Waals surface area contributed by atoms with Crippen LogP contribution in [0.1, 0.15) is 30.1 Å². The van der Waals surface area contributed by atoms with E-state index in [1.165, 1.54) is 0 Å². The molecule has 1 atom stereocenters.